The molecule has 0 radical (unpaired) electrons. The van der Waals surface area contributed by atoms with Gasteiger partial charge >= 0.3 is 0 Å². The molecule has 3 heterocycles. The number of hydrogen-bond acceptors (Lipinski definition) is 2. The van der Waals surface area contributed by atoms with E-state index in [2.05, 4.69) is 34.3 Å². The zero-order chi connectivity index (χ0) is 14.9. The van der Waals surface area contributed by atoms with Crippen LogP contribution in [0, 0.1) is 0 Å². The van der Waals surface area contributed by atoms with Gasteiger partial charge in [0.1, 0.15) is 0 Å². The minimum absolute atomic E-state index is 0.534. The molecule has 1 saturated heterocycles. The highest BCUT2D eigenvalue weighted by atomic mass is 35.5. The largest absolute Gasteiger partial charge is 0.387 e. The lowest BCUT2D eigenvalue weighted by atomic mass is 10.0. The van der Waals surface area contributed by atoms with E-state index in [9.17, 15) is 0 Å². The topological polar surface area (TPSA) is 26.2 Å². The van der Waals surface area contributed by atoms with Gasteiger partial charge in [0.05, 0.1) is 0 Å². The molecule has 4 heteroatoms. The van der Waals surface area contributed by atoms with E-state index in [0.717, 1.165) is 37.6 Å². The van der Waals surface area contributed by atoms with E-state index in [-0.39, 0.29) is 0 Å². The predicted octanol–water partition coefficient (Wildman–Crippen LogP) is 4.23. The van der Waals surface area contributed by atoms with Crippen molar-refractivity contribution in [3.8, 4) is 11.1 Å². The van der Waals surface area contributed by atoms with Gasteiger partial charge in [-0.3, -0.25) is 0 Å². The summed E-state index contributed by atoms with van der Waals surface area (Å²) in [5.74, 6) is 0. The van der Waals surface area contributed by atoms with Crippen LogP contribution in [0.15, 0.2) is 36.7 Å². The third-order valence-corrected chi connectivity index (χ3v) is 4.81. The molecule has 4 rings (SSSR count). The lowest BCUT2D eigenvalue weighted by molar-refractivity contribution is 0.0695. The number of fused-ring (bicyclic) bond motifs is 1. The van der Waals surface area contributed by atoms with Crippen molar-refractivity contribution in [3.63, 3.8) is 0 Å². The molecule has 2 aromatic rings. The smallest absolute Gasteiger partial charge is 0.0485 e. The van der Waals surface area contributed by atoms with Gasteiger partial charge < -0.3 is 14.6 Å². The maximum absolute atomic E-state index is 6.03. The zero-order valence-electron chi connectivity index (χ0n) is 12.4. The molecule has 0 atom stereocenters. The summed E-state index contributed by atoms with van der Waals surface area (Å²) in [6.07, 6.45) is 8.71. The maximum atomic E-state index is 6.03. The number of nitrogens with one attached hydrogen (secondary N) is 1. The molecule has 0 bridgehead atoms. The van der Waals surface area contributed by atoms with Crippen LogP contribution in [0.5, 0.6) is 0 Å². The molecule has 1 fully saturated rings. The van der Waals surface area contributed by atoms with E-state index in [4.69, 9.17) is 16.3 Å². The number of rotatable bonds is 2. The van der Waals surface area contributed by atoms with E-state index in [1.54, 1.807) is 0 Å². The molecule has 1 N–H and O–H groups in total. The Balaban J connectivity index is 1.80. The highest BCUT2D eigenvalue weighted by Crippen LogP contribution is 2.35. The van der Waals surface area contributed by atoms with E-state index in [0.29, 0.717) is 6.04 Å². The summed E-state index contributed by atoms with van der Waals surface area (Å²) in [4.78, 5) is 0. The fourth-order valence-electron chi connectivity index (χ4n) is 3.40. The molecule has 1 aromatic heterocycles. The van der Waals surface area contributed by atoms with E-state index in [1.165, 1.54) is 22.4 Å². The Morgan fingerprint density at radius 1 is 1.14 bits per heavy atom. The first kappa shape index (κ1) is 13.9. The Hall–Kier alpha value is -1.71. The molecular weight excluding hydrogens is 296 g/mol. The van der Waals surface area contributed by atoms with Gasteiger partial charge in [-0.15, -0.1) is 0 Å². The first-order chi connectivity index (χ1) is 10.8. The molecule has 114 valence electrons. The van der Waals surface area contributed by atoms with Gasteiger partial charge in [-0.25, -0.2) is 0 Å². The molecule has 0 saturated carbocycles. The highest BCUT2D eigenvalue weighted by Gasteiger charge is 2.23. The second-order valence-electron chi connectivity index (χ2n) is 5.88. The first-order valence-corrected chi connectivity index (χ1v) is 8.18. The van der Waals surface area contributed by atoms with Crippen LogP contribution in [0.25, 0.3) is 17.2 Å². The number of nitrogens with zero attached hydrogens (tertiary/aromatic N) is 1. The third-order valence-electron chi connectivity index (χ3n) is 4.56. The van der Waals surface area contributed by atoms with E-state index >= 15 is 0 Å². The van der Waals surface area contributed by atoms with Gasteiger partial charge in [-0.2, -0.15) is 0 Å². The standard InChI is InChI=1S/C18H19ClN2O/c19-14-3-1-13(2-4-14)17-12-21(15-6-9-22-10-7-15)18-5-8-20-11-16(17)18/h1-5,8,12,15,20H,6-7,9-11H2. The van der Waals surface area contributed by atoms with Gasteiger partial charge in [-0.05, 0) is 42.8 Å². The minimum atomic E-state index is 0.534. The molecule has 0 unspecified atom stereocenters. The lowest BCUT2D eigenvalue weighted by Crippen LogP contribution is -2.21. The molecule has 1 aromatic carbocycles. The van der Waals surface area contributed by atoms with Crippen LogP contribution in [0.1, 0.15) is 30.1 Å². The molecular formula is C18H19ClN2O. The average Bonchev–Trinajstić information content (AvgIpc) is 2.96. The van der Waals surface area contributed by atoms with Gasteiger partial charge in [0, 0.05) is 53.8 Å². The summed E-state index contributed by atoms with van der Waals surface area (Å²) in [6.45, 7) is 2.59. The van der Waals surface area contributed by atoms with Crippen molar-refractivity contribution in [3.05, 3.63) is 52.9 Å². The van der Waals surface area contributed by atoms with Crippen LogP contribution in [-0.2, 0) is 11.3 Å². The maximum Gasteiger partial charge on any atom is 0.0485 e. The molecule has 0 spiro atoms. The monoisotopic (exact) mass is 314 g/mol. The molecule has 0 amide bonds. The van der Waals surface area contributed by atoms with Crippen LogP contribution in [-0.4, -0.2) is 17.8 Å². The number of benzene rings is 1. The Labute approximate surface area is 135 Å². The SMILES string of the molecule is Clc1ccc(-c2cn(C3CCOCC3)c3c2CNC=C3)cc1. The molecule has 2 aliphatic rings. The van der Waals surface area contributed by atoms with Crippen LogP contribution in [0.2, 0.25) is 5.02 Å². The summed E-state index contributed by atoms with van der Waals surface area (Å²) in [6, 6.07) is 8.66. The van der Waals surface area contributed by atoms with Crippen molar-refractivity contribution in [2.45, 2.75) is 25.4 Å². The van der Waals surface area contributed by atoms with Gasteiger partial charge in [0.25, 0.3) is 0 Å². The van der Waals surface area contributed by atoms with Crippen molar-refractivity contribution >= 4 is 17.7 Å². The summed E-state index contributed by atoms with van der Waals surface area (Å²) in [7, 11) is 0. The third kappa shape index (κ3) is 2.44. The van der Waals surface area contributed by atoms with E-state index in [1.807, 2.05) is 18.3 Å². The zero-order valence-corrected chi connectivity index (χ0v) is 13.1. The van der Waals surface area contributed by atoms with Crippen LogP contribution in [0.3, 0.4) is 0 Å². The van der Waals surface area contributed by atoms with Crippen LogP contribution in [0.4, 0.5) is 0 Å². The van der Waals surface area contributed by atoms with Crippen LogP contribution >= 0.6 is 11.6 Å². The van der Waals surface area contributed by atoms with Crippen molar-refractivity contribution in [1.29, 1.82) is 0 Å². The number of hydrogen-bond donors (Lipinski definition) is 1. The molecule has 22 heavy (non-hydrogen) atoms. The second kappa shape index (κ2) is 5.82. The van der Waals surface area contributed by atoms with Crippen molar-refractivity contribution in [2.75, 3.05) is 13.2 Å². The van der Waals surface area contributed by atoms with Crippen molar-refractivity contribution in [1.82, 2.24) is 9.88 Å². The Bertz CT molecular complexity index is 697. The van der Waals surface area contributed by atoms with Gasteiger partial charge in [0.15, 0.2) is 0 Å². The summed E-state index contributed by atoms with van der Waals surface area (Å²) in [5, 5.41) is 4.11. The fraction of sp³-hybridized carbons (Fsp3) is 0.333. The van der Waals surface area contributed by atoms with E-state index < -0.39 is 0 Å². The van der Waals surface area contributed by atoms with Gasteiger partial charge in [-0.1, -0.05) is 23.7 Å². The minimum Gasteiger partial charge on any atom is -0.387 e. The van der Waals surface area contributed by atoms with Crippen LogP contribution < -0.4 is 5.32 Å². The first-order valence-electron chi connectivity index (χ1n) is 7.80. The highest BCUT2D eigenvalue weighted by molar-refractivity contribution is 6.30. The molecule has 2 aliphatic heterocycles. The van der Waals surface area contributed by atoms with Gasteiger partial charge in [0.2, 0.25) is 0 Å². The van der Waals surface area contributed by atoms with Crippen molar-refractivity contribution in [2.24, 2.45) is 0 Å². The predicted molar refractivity (Wildman–Crippen MR) is 89.8 cm³/mol. The Morgan fingerprint density at radius 2 is 1.91 bits per heavy atom. The second-order valence-corrected chi connectivity index (χ2v) is 6.31. The number of ether oxygens (including phenoxy) is 1. The summed E-state index contributed by atoms with van der Waals surface area (Å²) in [5.41, 5.74) is 5.23. The summed E-state index contributed by atoms with van der Waals surface area (Å²) >= 11 is 6.03. The van der Waals surface area contributed by atoms with Crippen molar-refractivity contribution < 1.29 is 4.74 Å². The average molecular weight is 315 g/mol. The number of aromatic nitrogens is 1. The quantitative estimate of drug-likeness (QED) is 0.897. The lowest BCUT2D eigenvalue weighted by Gasteiger charge is -2.26. The summed E-state index contributed by atoms with van der Waals surface area (Å²) < 4.78 is 7.96. The normalized spacial score (nSPS) is 18.0. The molecule has 0 aliphatic carbocycles. The number of halogens is 1. The Morgan fingerprint density at radius 3 is 2.68 bits per heavy atom. The fourth-order valence-corrected chi connectivity index (χ4v) is 3.52. The molecule has 3 nitrogen and oxygen atoms in total. The Kier molecular flexibility index (Phi) is 3.68.